The van der Waals surface area contributed by atoms with Gasteiger partial charge in [-0.15, -0.1) is 0 Å². The minimum atomic E-state index is -4.20. The van der Waals surface area contributed by atoms with Gasteiger partial charge in [-0.3, -0.25) is 14.9 Å². The Bertz CT molecular complexity index is 685. The summed E-state index contributed by atoms with van der Waals surface area (Å²) in [5.74, 6) is -0.335. The summed E-state index contributed by atoms with van der Waals surface area (Å²) in [4.78, 5) is 23.3. The molecule has 1 unspecified atom stereocenters. The number of amides is 1. The highest BCUT2D eigenvalue weighted by Crippen LogP contribution is 2.23. The van der Waals surface area contributed by atoms with Crippen LogP contribution in [0.1, 0.15) is 20.3 Å². The van der Waals surface area contributed by atoms with E-state index in [1.807, 2.05) is 13.8 Å². The van der Waals surface area contributed by atoms with E-state index in [-0.39, 0.29) is 12.3 Å². The van der Waals surface area contributed by atoms with Gasteiger partial charge in [0.1, 0.15) is 6.04 Å². The van der Waals surface area contributed by atoms with Gasteiger partial charge in [0, 0.05) is 20.2 Å². The zero-order valence-electron chi connectivity index (χ0n) is 13.5. The van der Waals surface area contributed by atoms with Crippen molar-refractivity contribution in [2.45, 2.75) is 31.2 Å². The first-order valence-electron chi connectivity index (χ1n) is 7.03. The highest BCUT2D eigenvalue weighted by atomic mass is 32.2. The number of nitro groups is 1. The van der Waals surface area contributed by atoms with Crippen molar-refractivity contribution in [2.24, 2.45) is 5.92 Å². The van der Waals surface area contributed by atoms with Gasteiger partial charge < -0.3 is 4.90 Å². The molecule has 1 atom stereocenters. The molecule has 0 aliphatic rings. The van der Waals surface area contributed by atoms with Crippen LogP contribution in [0.2, 0.25) is 0 Å². The Balaban J connectivity index is 3.21. The molecular formula is C14H21N3O5S. The summed E-state index contributed by atoms with van der Waals surface area (Å²) in [6.45, 7) is 3.71. The van der Waals surface area contributed by atoms with Gasteiger partial charge in [0.15, 0.2) is 4.90 Å². The number of carbonyl (C=O) groups excluding carboxylic acids is 1. The van der Waals surface area contributed by atoms with Crippen LogP contribution in [0.3, 0.4) is 0 Å². The number of hydrogen-bond donors (Lipinski definition) is 1. The topological polar surface area (TPSA) is 110 Å². The second kappa shape index (κ2) is 7.51. The van der Waals surface area contributed by atoms with E-state index >= 15 is 0 Å². The Hall–Kier alpha value is -2.00. The first kappa shape index (κ1) is 19.0. The molecule has 0 aliphatic heterocycles. The van der Waals surface area contributed by atoms with E-state index < -0.39 is 37.5 Å². The van der Waals surface area contributed by atoms with Crippen LogP contribution >= 0.6 is 0 Å². The fourth-order valence-corrected chi connectivity index (χ4v) is 3.44. The van der Waals surface area contributed by atoms with Gasteiger partial charge >= 0.3 is 0 Å². The van der Waals surface area contributed by atoms with Gasteiger partial charge in [-0.25, -0.2) is 8.42 Å². The van der Waals surface area contributed by atoms with Crippen molar-refractivity contribution in [1.82, 2.24) is 9.62 Å². The molecule has 1 amide bonds. The maximum Gasteiger partial charge on any atom is 0.289 e. The molecular weight excluding hydrogens is 322 g/mol. The smallest absolute Gasteiger partial charge is 0.289 e. The molecule has 0 aromatic heterocycles. The molecule has 0 aliphatic carbocycles. The number of benzene rings is 1. The second-order valence-corrected chi connectivity index (χ2v) is 7.44. The molecule has 0 radical (unpaired) electrons. The standard InChI is InChI=1S/C14H21N3O5S/c1-10(2)9-11(14(18)16(3)4)15-23(21,22)13-8-6-5-7-12(13)17(19)20/h5-8,10-11,15H,9H2,1-4H3. The van der Waals surface area contributed by atoms with Crippen LogP contribution in [-0.4, -0.2) is 44.3 Å². The Kier molecular flexibility index (Phi) is 6.22. The van der Waals surface area contributed by atoms with Crippen LogP contribution in [0.4, 0.5) is 5.69 Å². The lowest BCUT2D eigenvalue weighted by Crippen LogP contribution is -2.46. The Labute approximate surface area is 135 Å². The third-order valence-corrected chi connectivity index (χ3v) is 4.61. The quantitative estimate of drug-likeness (QED) is 0.594. The molecule has 23 heavy (non-hydrogen) atoms. The SMILES string of the molecule is CC(C)CC(NS(=O)(=O)c1ccccc1[N+](=O)[O-])C(=O)N(C)C. The first-order valence-corrected chi connectivity index (χ1v) is 8.51. The highest BCUT2D eigenvalue weighted by Gasteiger charge is 2.31. The molecule has 0 spiro atoms. The number of rotatable bonds is 7. The molecule has 9 heteroatoms. The number of nitro benzene ring substituents is 1. The number of likely N-dealkylation sites (N-methyl/N-ethyl adjacent to an activating group) is 1. The van der Waals surface area contributed by atoms with E-state index in [1.165, 1.54) is 31.1 Å². The van der Waals surface area contributed by atoms with Crippen molar-refractivity contribution in [2.75, 3.05) is 14.1 Å². The molecule has 8 nitrogen and oxygen atoms in total. The number of nitrogens with zero attached hydrogens (tertiary/aromatic N) is 2. The summed E-state index contributed by atoms with van der Waals surface area (Å²) in [5.41, 5.74) is -0.527. The summed E-state index contributed by atoms with van der Waals surface area (Å²) >= 11 is 0. The molecule has 1 rings (SSSR count). The van der Waals surface area contributed by atoms with Crippen molar-refractivity contribution in [3.8, 4) is 0 Å². The first-order chi connectivity index (χ1) is 10.6. The molecule has 0 heterocycles. The van der Waals surface area contributed by atoms with Crippen LogP contribution in [0.5, 0.6) is 0 Å². The lowest BCUT2D eigenvalue weighted by molar-refractivity contribution is -0.387. The summed E-state index contributed by atoms with van der Waals surface area (Å²) in [7, 11) is -1.15. The molecule has 0 fully saturated rings. The lowest BCUT2D eigenvalue weighted by Gasteiger charge is -2.23. The third kappa shape index (κ3) is 5.00. The van der Waals surface area contributed by atoms with E-state index in [2.05, 4.69) is 4.72 Å². The van der Waals surface area contributed by atoms with Gasteiger partial charge in [-0.05, 0) is 18.4 Å². The van der Waals surface area contributed by atoms with E-state index in [0.717, 1.165) is 12.1 Å². The maximum absolute atomic E-state index is 12.5. The molecule has 1 N–H and O–H groups in total. The van der Waals surface area contributed by atoms with Crippen LogP contribution < -0.4 is 4.72 Å². The fraction of sp³-hybridized carbons (Fsp3) is 0.500. The van der Waals surface area contributed by atoms with E-state index in [4.69, 9.17) is 0 Å². The molecule has 0 saturated carbocycles. The minimum absolute atomic E-state index is 0.0670. The number of carbonyl (C=O) groups is 1. The van der Waals surface area contributed by atoms with Crippen molar-refractivity contribution in [1.29, 1.82) is 0 Å². The summed E-state index contributed by atoms with van der Waals surface area (Å²) in [6, 6.07) is 4.06. The van der Waals surface area contributed by atoms with Crippen molar-refractivity contribution < 1.29 is 18.1 Å². The van der Waals surface area contributed by atoms with Crippen LogP contribution in [0.15, 0.2) is 29.2 Å². The Morgan fingerprint density at radius 3 is 2.35 bits per heavy atom. The number of sulfonamides is 1. The molecule has 0 bridgehead atoms. The molecule has 0 saturated heterocycles. The summed E-state index contributed by atoms with van der Waals surface area (Å²) < 4.78 is 27.3. The van der Waals surface area contributed by atoms with Gasteiger partial charge in [0.2, 0.25) is 15.9 Å². The predicted octanol–water partition coefficient (Wildman–Crippen LogP) is 1.38. The Morgan fingerprint density at radius 1 is 1.30 bits per heavy atom. The van der Waals surface area contributed by atoms with Gasteiger partial charge in [0.05, 0.1) is 4.92 Å². The average molecular weight is 343 g/mol. The van der Waals surface area contributed by atoms with Crippen LogP contribution in [-0.2, 0) is 14.8 Å². The summed E-state index contributed by atoms with van der Waals surface area (Å²) in [6.07, 6.45) is 0.289. The van der Waals surface area contributed by atoms with Crippen molar-refractivity contribution in [3.63, 3.8) is 0 Å². The zero-order chi connectivity index (χ0) is 17.8. The number of para-hydroxylation sites is 1. The van der Waals surface area contributed by atoms with Gasteiger partial charge in [0.25, 0.3) is 5.69 Å². The lowest BCUT2D eigenvalue weighted by atomic mass is 10.0. The molecule has 1 aromatic carbocycles. The van der Waals surface area contributed by atoms with E-state index in [9.17, 15) is 23.3 Å². The number of nitrogens with one attached hydrogen (secondary N) is 1. The molecule has 128 valence electrons. The second-order valence-electron chi connectivity index (χ2n) is 5.76. The summed E-state index contributed by atoms with van der Waals surface area (Å²) in [5, 5.41) is 11.0. The Morgan fingerprint density at radius 2 is 1.87 bits per heavy atom. The van der Waals surface area contributed by atoms with Crippen LogP contribution in [0, 0.1) is 16.0 Å². The fourth-order valence-electron chi connectivity index (χ4n) is 2.07. The van der Waals surface area contributed by atoms with Gasteiger partial charge in [-0.1, -0.05) is 26.0 Å². The van der Waals surface area contributed by atoms with Crippen molar-refractivity contribution >= 4 is 21.6 Å². The minimum Gasteiger partial charge on any atom is -0.347 e. The maximum atomic E-state index is 12.5. The van der Waals surface area contributed by atoms with Crippen LogP contribution in [0.25, 0.3) is 0 Å². The average Bonchev–Trinajstić information content (AvgIpc) is 2.44. The number of hydrogen-bond acceptors (Lipinski definition) is 5. The normalized spacial score (nSPS) is 12.9. The van der Waals surface area contributed by atoms with Gasteiger partial charge in [-0.2, -0.15) is 4.72 Å². The monoisotopic (exact) mass is 343 g/mol. The largest absolute Gasteiger partial charge is 0.347 e. The van der Waals surface area contributed by atoms with E-state index in [0.29, 0.717) is 0 Å². The van der Waals surface area contributed by atoms with Crippen molar-refractivity contribution in [3.05, 3.63) is 34.4 Å². The predicted molar refractivity (Wildman–Crippen MR) is 85.4 cm³/mol. The molecule has 1 aromatic rings. The third-order valence-electron chi connectivity index (χ3n) is 3.09. The highest BCUT2D eigenvalue weighted by molar-refractivity contribution is 7.89. The van der Waals surface area contributed by atoms with E-state index in [1.54, 1.807) is 0 Å². The zero-order valence-corrected chi connectivity index (χ0v) is 14.3.